The zero-order valence-corrected chi connectivity index (χ0v) is 12.7. The lowest BCUT2D eigenvalue weighted by atomic mass is 10.0. The Hall–Kier alpha value is -1.46. The number of hydrogen-bond acceptors (Lipinski definition) is 3. The number of carbonyl (C=O) groups is 1. The highest BCUT2D eigenvalue weighted by Gasteiger charge is 2.31. The Balaban J connectivity index is 1.59. The lowest BCUT2D eigenvalue weighted by Crippen LogP contribution is -2.45. The van der Waals surface area contributed by atoms with E-state index in [1.54, 1.807) is 18.2 Å². The van der Waals surface area contributed by atoms with Gasteiger partial charge in [0.05, 0.1) is 12.1 Å². The Morgan fingerprint density at radius 1 is 1.33 bits per heavy atom. The number of benzene rings is 1. The third-order valence-corrected chi connectivity index (χ3v) is 3.80. The molecule has 1 aliphatic carbocycles. The van der Waals surface area contributed by atoms with Gasteiger partial charge in [-0.05, 0) is 31.0 Å². The largest absolute Gasteiger partial charge is 0.492 e. The molecule has 0 radical (unpaired) electrons. The van der Waals surface area contributed by atoms with Crippen LogP contribution in [-0.4, -0.2) is 36.4 Å². The molecule has 0 spiro atoms. The molecule has 3 N–H and O–H groups in total. The average Bonchev–Trinajstić information content (AvgIpc) is 2.89. The van der Waals surface area contributed by atoms with Gasteiger partial charge in [0.2, 0.25) is 0 Å². The number of hydrogen-bond donors (Lipinski definition) is 3. The van der Waals surface area contributed by atoms with Crippen molar-refractivity contribution in [2.75, 3.05) is 19.7 Å². The number of rotatable bonds is 6. The fourth-order valence-corrected chi connectivity index (χ4v) is 2.59. The van der Waals surface area contributed by atoms with Crippen LogP contribution in [0.5, 0.6) is 5.75 Å². The van der Waals surface area contributed by atoms with Crippen LogP contribution in [0.1, 0.15) is 25.7 Å². The maximum Gasteiger partial charge on any atom is 0.315 e. The highest BCUT2D eigenvalue weighted by atomic mass is 35.5. The van der Waals surface area contributed by atoms with Crippen molar-refractivity contribution in [3.05, 3.63) is 29.3 Å². The van der Waals surface area contributed by atoms with Crippen LogP contribution in [-0.2, 0) is 0 Å². The van der Waals surface area contributed by atoms with Crippen LogP contribution in [0.2, 0.25) is 5.02 Å². The first-order valence-corrected chi connectivity index (χ1v) is 7.58. The molecular weight excluding hydrogens is 292 g/mol. The summed E-state index contributed by atoms with van der Waals surface area (Å²) >= 11 is 5.84. The second-order valence-corrected chi connectivity index (χ2v) is 5.78. The molecule has 0 saturated heterocycles. The summed E-state index contributed by atoms with van der Waals surface area (Å²) < 4.78 is 5.46. The molecular formula is C15H21ClN2O3. The number of ether oxygens (including phenoxy) is 1. The molecule has 1 aliphatic rings. The van der Waals surface area contributed by atoms with Crippen molar-refractivity contribution >= 4 is 17.6 Å². The topological polar surface area (TPSA) is 70.6 Å². The fourth-order valence-electron chi connectivity index (χ4n) is 2.41. The van der Waals surface area contributed by atoms with Crippen molar-refractivity contribution < 1.29 is 14.6 Å². The molecule has 5 nitrogen and oxygen atoms in total. The molecule has 0 unspecified atom stereocenters. The van der Waals surface area contributed by atoms with Crippen molar-refractivity contribution in [3.63, 3.8) is 0 Å². The van der Waals surface area contributed by atoms with E-state index in [0.29, 0.717) is 30.5 Å². The molecule has 1 aromatic rings. The Morgan fingerprint density at radius 3 is 2.81 bits per heavy atom. The van der Waals surface area contributed by atoms with Gasteiger partial charge in [-0.3, -0.25) is 0 Å². The number of aliphatic hydroxyl groups is 1. The number of carbonyl (C=O) groups excluding carboxylic acids is 1. The van der Waals surface area contributed by atoms with Gasteiger partial charge in [-0.2, -0.15) is 0 Å². The monoisotopic (exact) mass is 312 g/mol. The van der Waals surface area contributed by atoms with E-state index in [9.17, 15) is 9.90 Å². The second kappa shape index (κ2) is 7.52. The van der Waals surface area contributed by atoms with Crippen LogP contribution in [0.4, 0.5) is 4.79 Å². The van der Waals surface area contributed by atoms with Gasteiger partial charge in [0.1, 0.15) is 12.4 Å². The summed E-state index contributed by atoms with van der Waals surface area (Å²) in [7, 11) is 0. The van der Waals surface area contributed by atoms with E-state index in [0.717, 1.165) is 25.7 Å². The van der Waals surface area contributed by atoms with Gasteiger partial charge < -0.3 is 20.5 Å². The summed E-state index contributed by atoms with van der Waals surface area (Å²) in [6.07, 6.45) is 3.55. The van der Waals surface area contributed by atoms with Crippen molar-refractivity contribution in [2.24, 2.45) is 0 Å². The number of urea groups is 1. The van der Waals surface area contributed by atoms with Gasteiger partial charge in [-0.1, -0.05) is 30.5 Å². The van der Waals surface area contributed by atoms with Crippen LogP contribution in [0.15, 0.2) is 24.3 Å². The molecule has 2 amide bonds. The molecule has 0 atom stereocenters. The smallest absolute Gasteiger partial charge is 0.315 e. The van der Waals surface area contributed by atoms with Crippen molar-refractivity contribution in [1.82, 2.24) is 10.6 Å². The van der Waals surface area contributed by atoms with Crippen molar-refractivity contribution in [3.8, 4) is 5.75 Å². The van der Waals surface area contributed by atoms with Crippen LogP contribution in [0.3, 0.4) is 0 Å². The number of amides is 2. The Labute approximate surface area is 129 Å². The predicted octanol–water partition coefficient (Wildman–Crippen LogP) is 2.32. The van der Waals surface area contributed by atoms with Crippen molar-refractivity contribution in [2.45, 2.75) is 31.3 Å². The first-order chi connectivity index (χ1) is 10.1. The average molecular weight is 313 g/mol. The summed E-state index contributed by atoms with van der Waals surface area (Å²) in [5.74, 6) is 0.671. The minimum atomic E-state index is -0.728. The lowest BCUT2D eigenvalue weighted by molar-refractivity contribution is 0.0501. The van der Waals surface area contributed by atoms with E-state index < -0.39 is 5.60 Å². The number of nitrogens with one attached hydrogen (secondary N) is 2. The normalized spacial score (nSPS) is 16.5. The van der Waals surface area contributed by atoms with E-state index in [1.807, 2.05) is 6.07 Å². The zero-order valence-electron chi connectivity index (χ0n) is 11.9. The van der Waals surface area contributed by atoms with Crippen LogP contribution in [0, 0.1) is 0 Å². The van der Waals surface area contributed by atoms with Gasteiger partial charge in [0.15, 0.2) is 0 Å². The molecule has 0 aliphatic heterocycles. The molecule has 6 heteroatoms. The van der Waals surface area contributed by atoms with Gasteiger partial charge >= 0.3 is 6.03 Å². The number of halogens is 1. The maximum absolute atomic E-state index is 11.6. The second-order valence-electron chi connectivity index (χ2n) is 5.35. The molecule has 2 rings (SSSR count). The summed E-state index contributed by atoms with van der Waals surface area (Å²) in [5.41, 5.74) is -0.728. The van der Waals surface area contributed by atoms with Crippen molar-refractivity contribution in [1.29, 1.82) is 0 Å². The minimum Gasteiger partial charge on any atom is -0.492 e. The van der Waals surface area contributed by atoms with E-state index in [2.05, 4.69) is 10.6 Å². The third-order valence-electron chi connectivity index (χ3n) is 3.56. The Bertz CT molecular complexity index is 476. The van der Waals surface area contributed by atoms with E-state index in [-0.39, 0.29) is 6.03 Å². The summed E-state index contributed by atoms with van der Waals surface area (Å²) in [4.78, 5) is 11.6. The van der Waals surface area contributed by atoms with E-state index >= 15 is 0 Å². The van der Waals surface area contributed by atoms with Crippen LogP contribution >= 0.6 is 11.6 Å². The Morgan fingerprint density at radius 2 is 2.10 bits per heavy atom. The molecule has 1 aromatic carbocycles. The van der Waals surface area contributed by atoms with Crippen LogP contribution < -0.4 is 15.4 Å². The highest BCUT2D eigenvalue weighted by Crippen LogP contribution is 2.28. The molecule has 1 fully saturated rings. The summed E-state index contributed by atoms with van der Waals surface area (Å²) in [5, 5.41) is 16.1. The molecule has 1 saturated carbocycles. The lowest BCUT2D eigenvalue weighted by Gasteiger charge is -2.22. The van der Waals surface area contributed by atoms with E-state index in [1.165, 1.54) is 0 Å². The van der Waals surface area contributed by atoms with E-state index in [4.69, 9.17) is 16.3 Å². The SMILES string of the molecule is O=C(NCCOc1cccc(Cl)c1)NCC1(O)CCCC1. The first kappa shape index (κ1) is 15.9. The molecule has 116 valence electrons. The summed E-state index contributed by atoms with van der Waals surface area (Å²) in [6, 6.07) is 6.82. The van der Waals surface area contributed by atoms with Gasteiger partial charge in [0.25, 0.3) is 0 Å². The Kier molecular flexibility index (Phi) is 5.70. The first-order valence-electron chi connectivity index (χ1n) is 7.20. The molecule has 21 heavy (non-hydrogen) atoms. The summed E-state index contributed by atoms with van der Waals surface area (Å²) in [6.45, 7) is 1.04. The zero-order chi connectivity index (χ0) is 15.1. The molecule has 0 bridgehead atoms. The molecule has 0 heterocycles. The highest BCUT2D eigenvalue weighted by molar-refractivity contribution is 6.30. The van der Waals surface area contributed by atoms with Crippen LogP contribution in [0.25, 0.3) is 0 Å². The minimum absolute atomic E-state index is 0.287. The maximum atomic E-state index is 11.6. The third kappa shape index (κ3) is 5.44. The predicted molar refractivity (Wildman–Crippen MR) is 81.8 cm³/mol. The van der Waals surface area contributed by atoms with Gasteiger partial charge in [0, 0.05) is 11.6 Å². The van der Waals surface area contributed by atoms with Gasteiger partial charge in [-0.25, -0.2) is 4.79 Å². The molecule has 0 aromatic heterocycles. The fraction of sp³-hybridized carbons (Fsp3) is 0.533. The standard InChI is InChI=1S/C15H21ClN2O3/c16-12-4-3-5-13(10-12)21-9-8-17-14(19)18-11-15(20)6-1-2-7-15/h3-5,10,20H,1-2,6-9,11H2,(H2,17,18,19). The quantitative estimate of drug-likeness (QED) is 0.706. The van der Waals surface area contributed by atoms with Gasteiger partial charge in [-0.15, -0.1) is 0 Å².